The van der Waals surface area contributed by atoms with Crippen molar-refractivity contribution in [3.63, 3.8) is 0 Å². The molecule has 0 N–H and O–H groups in total. The van der Waals surface area contributed by atoms with E-state index in [2.05, 4.69) is 6.07 Å². The van der Waals surface area contributed by atoms with Crippen LogP contribution in [0.3, 0.4) is 0 Å². The molecular weight excluding hydrogens is 520 g/mol. The SMILES string of the molecule is N#CC(=Cc1ccc(OCc2ccccc2)c(OCc2ccccc2)c1)c1nc(-c2ccc3c(c2)OCO3)cs1. The number of aromatic nitrogens is 1. The van der Waals surface area contributed by atoms with Gasteiger partial charge in [-0.15, -0.1) is 11.3 Å². The van der Waals surface area contributed by atoms with E-state index in [0.29, 0.717) is 41.0 Å². The van der Waals surface area contributed by atoms with E-state index in [-0.39, 0.29) is 6.79 Å². The monoisotopic (exact) mass is 544 g/mol. The van der Waals surface area contributed by atoms with E-state index in [1.54, 1.807) is 0 Å². The van der Waals surface area contributed by atoms with Gasteiger partial charge in [0.2, 0.25) is 6.79 Å². The van der Waals surface area contributed by atoms with Crippen LogP contribution in [-0.4, -0.2) is 11.8 Å². The zero-order valence-corrected chi connectivity index (χ0v) is 22.3. The highest BCUT2D eigenvalue weighted by Crippen LogP contribution is 2.37. The lowest BCUT2D eigenvalue weighted by atomic mass is 10.1. The predicted molar refractivity (Wildman–Crippen MR) is 155 cm³/mol. The van der Waals surface area contributed by atoms with Crippen molar-refractivity contribution in [1.82, 2.24) is 4.98 Å². The number of ether oxygens (including phenoxy) is 4. The van der Waals surface area contributed by atoms with Gasteiger partial charge in [-0.2, -0.15) is 5.26 Å². The Labute approximate surface area is 236 Å². The van der Waals surface area contributed by atoms with Gasteiger partial charge < -0.3 is 18.9 Å². The van der Waals surface area contributed by atoms with Crippen LogP contribution in [0.25, 0.3) is 22.9 Å². The second kappa shape index (κ2) is 11.8. The fraction of sp³-hybridized carbons (Fsp3) is 0.0909. The Morgan fingerprint density at radius 1 is 0.825 bits per heavy atom. The summed E-state index contributed by atoms with van der Waals surface area (Å²) in [7, 11) is 0. The van der Waals surface area contributed by atoms with Crippen molar-refractivity contribution in [2.24, 2.45) is 0 Å². The first-order valence-electron chi connectivity index (χ1n) is 12.7. The van der Waals surface area contributed by atoms with Gasteiger partial charge in [0.15, 0.2) is 23.0 Å². The van der Waals surface area contributed by atoms with Crippen LogP contribution >= 0.6 is 11.3 Å². The topological polar surface area (TPSA) is 73.6 Å². The molecule has 0 fully saturated rings. The number of thiazole rings is 1. The fourth-order valence-electron chi connectivity index (χ4n) is 4.21. The van der Waals surface area contributed by atoms with Crippen LogP contribution in [0.4, 0.5) is 0 Å². The highest BCUT2D eigenvalue weighted by Gasteiger charge is 2.16. The van der Waals surface area contributed by atoms with Gasteiger partial charge >= 0.3 is 0 Å². The van der Waals surface area contributed by atoms with Crippen LogP contribution < -0.4 is 18.9 Å². The fourth-order valence-corrected chi connectivity index (χ4v) is 5.01. The van der Waals surface area contributed by atoms with Gasteiger partial charge in [-0.3, -0.25) is 0 Å². The van der Waals surface area contributed by atoms with Gasteiger partial charge in [0.1, 0.15) is 24.3 Å². The smallest absolute Gasteiger partial charge is 0.231 e. The van der Waals surface area contributed by atoms with Crippen LogP contribution in [-0.2, 0) is 13.2 Å². The van der Waals surface area contributed by atoms with Crippen molar-refractivity contribution < 1.29 is 18.9 Å². The van der Waals surface area contributed by atoms with E-state index in [4.69, 9.17) is 23.9 Å². The van der Waals surface area contributed by atoms with Crippen LogP contribution in [0.1, 0.15) is 21.7 Å². The lowest BCUT2D eigenvalue weighted by Gasteiger charge is -2.14. The lowest BCUT2D eigenvalue weighted by molar-refractivity contribution is 0.174. The molecule has 1 aliphatic rings. The molecule has 40 heavy (non-hydrogen) atoms. The van der Waals surface area contributed by atoms with Gasteiger partial charge in [-0.25, -0.2) is 4.98 Å². The predicted octanol–water partition coefficient (Wildman–Crippen LogP) is 7.76. The van der Waals surface area contributed by atoms with Gasteiger partial charge in [0.25, 0.3) is 0 Å². The zero-order valence-electron chi connectivity index (χ0n) is 21.4. The molecule has 196 valence electrons. The van der Waals surface area contributed by atoms with Crippen molar-refractivity contribution >= 4 is 23.0 Å². The maximum Gasteiger partial charge on any atom is 0.231 e. The summed E-state index contributed by atoms with van der Waals surface area (Å²) in [6.07, 6.45) is 1.82. The standard InChI is InChI=1S/C33H24N2O4S/c34-18-27(33-35-28(21-40-33)26-12-14-30-32(17-26)39-22-38-30)15-25-11-13-29(36-19-23-7-3-1-4-8-23)31(16-25)37-20-24-9-5-2-6-10-24/h1-17,21H,19-20,22H2. The molecule has 0 unspecified atom stereocenters. The Morgan fingerprint density at radius 2 is 1.52 bits per heavy atom. The third-order valence-corrected chi connectivity index (χ3v) is 7.15. The quantitative estimate of drug-likeness (QED) is 0.177. The molecule has 6 rings (SSSR count). The number of allylic oxidation sites excluding steroid dienone is 1. The van der Waals surface area contributed by atoms with Gasteiger partial charge in [-0.1, -0.05) is 66.7 Å². The number of hydrogen-bond acceptors (Lipinski definition) is 7. The molecule has 0 saturated heterocycles. The van der Waals surface area contributed by atoms with Crippen LogP contribution in [0.5, 0.6) is 23.0 Å². The molecule has 0 bridgehead atoms. The molecule has 1 aromatic heterocycles. The highest BCUT2D eigenvalue weighted by atomic mass is 32.1. The summed E-state index contributed by atoms with van der Waals surface area (Å²) in [5.74, 6) is 2.65. The van der Waals surface area contributed by atoms with E-state index in [0.717, 1.165) is 33.7 Å². The molecular formula is C33H24N2O4S. The Hall–Kier alpha value is -5.06. The Balaban J connectivity index is 1.26. The average molecular weight is 545 g/mol. The Morgan fingerprint density at radius 3 is 2.25 bits per heavy atom. The largest absolute Gasteiger partial charge is 0.485 e. The lowest BCUT2D eigenvalue weighted by Crippen LogP contribution is -2.01. The number of fused-ring (bicyclic) bond motifs is 1. The third kappa shape index (κ3) is 5.83. The molecule has 0 aliphatic carbocycles. The molecule has 0 saturated carbocycles. The third-order valence-electron chi connectivity index (χ3n) is 6.28. The molecule has 0 amide bonds. The Bertz CT molecular complexity index is 1690. The maximum absolute atomic E-state index is 9.99. The van der Waals surface area contributed by atoms with Crippen LogP contribution in [0.15, 0.2) is 102 Å². The van der Waals surface area contributed by atoms with Crippen LogP contribution in [0, 0.1) is 11.3 Å². The molecule has 1 aliphatic heterocycles. The number of hydrogen-bond donors (Lipinski definition) is 0. The summed E-state index contributed by atoms with van der Waals surface area (Å²) >= 11 is 1.42. The van der Waals surface area contributed by atoms with Crippen LogP contribution in [0.2, 0.25) is 0 Å². The number of nitriles is 1. The van der Waals surface area contributed by atoms with E-state index < -0.39 is 0 Å². The summed E-state index contributed by atoms with van der Waals surface area (Å²) in [6, 6.07) is 33.7. The van der Waals surface area contributed by atoms with Crippen molar-refractivity contribution in [3.8, 4) is 40.3 Å². The van der Waals surface area contributed by atoms with Gasteiger partial charge in [0.05, 0.1) is 11.3 Å². The first kappa shape index (κ1) is 25.2. The van der Waals surface area contributed by atoms with E-state index in [1.165, 1.54) is 11.3 Å². The summed E-state index contributed by atoms with van der Waals surface area (Å²) in [5.41, 5.74) is 5.07. The first-order chi connectivity index (χ1) is 19.7. The summed E-state index contributed by atoms with van der Waals surface area (Å²) in [6.45, 7) is 1.03. The van der Waals surface area contributed by atoms with E-state index in [1.807, 2.05) is 109 Å². The second-order valence-corrected chi connectivity index (χ2v) is 9.89. The molecule has 4 aromatic carbocycles. The molecule has 0 spiro atoms. The molecule has 5 aromatic rings. The number of nitrogens with zero attached hydrogens (tertiary/aromatic N) is 2. The first-order valence-corrected chi connectivity index (χ1v) is 13.6. The minimum Gasteiger partial charge on any atom is -0.485 e. The summed E-state index contributed by atoms with van der Waals surface area (Å²) in [4.78, 5) is 4.73. The van der Waals surface area contributed by atoms with E-state index >= 15 is 0 Å². The number of rotatable bonds is 9. The normalized spacial score (nSPS) is 12.1. The van der Waals surface area contributed by atoms with Crippen molar-refractivity contribution in [3.05, 3.63) is 124 Å². The van der Waals surface area contributed by atoms with E-state index in [9.17, 15) is 5.26 Å². The minimum atomic E-state index is 0.218. The van der Waals surface area contributed by atoms with Crippen molar-refractivity contribution in [2.75, 3.05) is 6.79 Å². The molecule has 0 radical (unpaired) electrons. The maximum atomic E-state index is 9.99. The summed E-state index contributed by atoms with van der Waals surface area (Å²) < 4.78 is 23.2. The van der Waals surface area contributed by atoms with Gasteiger partial charge in [0, 0.05) is 10.9 Å². The molecule has 7 heteroatoms. The Kier molecular flexibility index (Phi) is 7.42. The minimum absolute atomic E-state index is 0.218. The van der Waals surface area contributed by atoms with Gasteiger partial charge in [-0.05, 0) is 53.1 Å². The molecule has 0 atom stereocenters. The number of benzene rings is 4. The average Bonchev–Trinajstić information content (AvgIpc) is 3.69. The van der Waals surface area contributed by atoms with Crippen molar-refractivity contribution in [2.45, 2.75) is 13.2 Å². The molecule has 6 nitrogen and oxygen atoms in total. The molecule has 2 heterocycles. The zero-order chi connectivity index (χ0) is 27.1. The van der Waals surface area contributed by atoms with Crippen molar-refractivity contribution in [1.29, 1.82) is 5.26 Å². The summed E-state index contributed by atoms with van der Waals surface area (Å²) in [5, 5.41) is 12.6. The highest BCUT2D eigenvalue weighted by molar-refractivity contribution is 7.11. The second-order valence-electron chi connectivity index (χ2n) is 9.03.